The molecule has 1 aliphatic rings. The van der Waals surface area contributed by atoms with Gasteiger partial charge in [0.15, 0.2) is 0 Å². The van der Waals surface area contributed by atoms with Gasteiger partial charge in [0, 0.05) is 41.9 Å². The van der Waals surface area contributed by atoms with Gasteiger partial charge in [-0.25, -0.2) is 0 Å². The highest BCUT2D eigenvalue weighted by Crippen LogP contribution is 2.48. The molecular formula is C21H37N2P. The third-order valence-corrected chi connectivity index (χ3v) is 6.81. The Morgan fingerprint density at radius 3 is 1.38 bits per heavy atom. The molecule has 2 rings (SSSR count). The molecule has 0 aromatic heterocycles. The summed E-state index contributed by atoms with van der Waals surface area (Å²) in [5.41, 5.74) is 0.766. The molecule has 1 fully saturated rings. The smallest absolute Gasteiger partial charge is 0.0347 e. The Kier molecular flexibility index (Phi) is 6.88. The van der Waals surface area contributed by atoms with Gasteiger partial charge in [0.1, 0.15) is 0 Å². The zero-order valence-electron chi connectivity index (χ0n) is 16.8. The van der Waals surface area contributed by atoms with Gasteiger partial charge in [-0.05, 0) is 60.7 Å². The lowest BCUT2D eigenvalue weighted by molar-refractivity contribution is 0.108. The lowest BCUT2D eigenvalue weighted by Crippen LogP contribution is -2.46. The van der Waals surface area contributed by atoms with Crippen molar-refractivity contribution in [1.82, 2.24) is 9.80 Å². The fourth-order valence-electron chi connectivity index (χ4n) is 4.47. The summed E-state index contributed by atoms with van der Waals surface area (Å²) in [4.78, 5) is 5.51. The molecule has 3 unspecified atom stereocenters. The SMILES string of the molecule is CC(C)N(C(C)C)C1C(Pc2ccccc2)C1N(C(C)C)C(C)C. The molecule has 136 valence electrons. The monoisotopic (exact) mass is 348 g/mol. The van der Waals surface area contributed by atoms with Crippen LogP contribution in [0.3, 0.4) is 0 Å². The molecule has 1 aromatic carbocycles. The van der Waals surface area contributed by atoms with Crippen LogP contribution in [0.25, 0.3) is 0 Å². The Morgan fingerprint density at radius 2 is 1.04 bits per heavy atom. The molecular weight excluding hydrogens is 311 g/mol. The lowest BCUT2D eigenvalue weighted by atomic mass is 10.2. The maximum absolute atomic E-state index is 2.75. The minimum Gasteiger partial charge on any atom is -0.293 e. The molecule has 0 saturated heterocycles. The van der Waals surface area contributed by atoms with Gasteiger partial charge in [0.05, 0.1) is 0 Å². The van der Waals surface area contributed by atoms with E-state index in [0.717, 1.165) is 14.2 Å². The first-order valence-electron chi connectivity index (χ1n) is 9.62. The van der Waals surface area contributed by atoms with Crippen LogP contribution in [0, 0.1) is 0 Å². The van der Waals surface area contributed by atoms with Gasteiger partial charge in [0.25, 0.3) is 0 Å². The van der Waals surface area contributed by atoms with Crippen LogP contribution in [-0.2, 0) is 0 Å². The first kappa shape index (κ1) is 19.9. The second-order valence-corrected chi connectivity index (χ2v) is 9.82. The van der Waals surface area contributed by atoms with Crippen LogP contribution in [-0.4, -0.2) is 51.7 Å². The lowest BCUT2D eigenvalue weighted by Gasteiger charge is -2.35. The first-order valence-corrected chi connectivity index (χ1v) is 10.7. The summed E-state index contributed by atoms with van der Waals surface area (Å²) >= 11 is 0. The van der Waals surface area contributed by atoms with E-state index in [2.05, 4.69) is 95.5 Å². The highest BCUT2D eigenvalue weighted by atomic mass is 31.1. The summed E-state index contributed by atoms with van der Waals surface area (Å²) in [5, 5.41) is 1.51. The van der Waals surface area contributed by atoms with Crippen molar-refractivity contribution in [3.8, 4) is 0 Å². The number of nitrogens with zero attached hydrogens (tertiary/aromatic N) is 2. The second-order valence-electron chi connectivity index (χ2n) is 8.29. The van der Waals surface area contributed by atoms with E-state index in [4.69, 9.17) is 0 Å². The summed E-state index contributed by atoms with van der Waals surface area (Å²) in [6.07, 6.45) is 0. The summed E-state index contributed by atoms with van der Waals surface area (Å²) in [6, 6.07) is 14.9. The first-order chi connectivity index (χ1) is 11.3. The van der Waals surface area contributed by atoms with Gasteiger partial charge in [-0.1, -0.05) is 38.9 Å². The zero-order chi connectivity index (χ0) is 18.0. The number of rotatable bonds is 8. The molecule has 0 N–H and O–H groups in total. The Hall–Kier alpha value is -0.430. The molecule has 3 heteroatoms. The summed E-state index contributed by atoms with van der Waals surface area (Å²) < 4.78 is 0. The van der Waals surface area contributed by atoms with E-state index in [1.165, 1.54) is 5.30 Å². The molecule has 0 bridgehead atoms. The van der Waals surface area contributed by atoms with Gasteiger partial charge in [-0.2, -0.15) is 0 Å². The van der Waals surface area contributed by atoms with Gasteiger partial charge in [-0.15, -0.1) is 0 Å². The Bertz CT molecular complexity index is 456. The molecule has 24 heavy (non-hydrogen) atoms. The van der Waals surface area contributed by atoms with Crippen LogP contribution >= 0.6 is 8.58 Å². The minimum atomic E-state index is 0.601. The van der Waals surface area contributed by atoms with E-state index in [1.54, 1.807) is 0 Å². The van der Waals surface area contributed by atoms with E-state index < -0.39 is 0 Å². The molecule has 0 amide bonds. The van der Waals surface area contributed by atoms with Crippen LogP contribution in [0.1, 0.15) is 55.4 Å². The van der Waals surface area contributed by atoms with E-state index in [1.807, 2.05) is 0 Å². The fourth-order valence-corrected chi connectivity index (χ4v) is 6.21. The molecule has 0 heterocycles. The topological polar surface area (TPSA) is 6.48 Å². The Labute approximate surface area is 151 Å². The van der Waals surface area contributed by atoms with Crippen molar-refractivity contribution in [3.05, 3.63) is 30.3 Å². The average Bonchev–Trinajstić information content (AvgIpc) is 3.11. The number of hydrogen-bond acceptors (Lipinski definition) is 2. The van der Waals surface area contributed by atoms with Gasteiger partial charge >= 0.3 is 0 Å². The molecule has 0 spiro atoms. The highest BCUT2D eigenvalue weighted by Gasteiger charge is 2.57. The normalized spacial score (nSPS) is 24.7. The standard InChI is InChI=1S/C21H37N2P/c1-14(2)22(15(3)4)19-20(23(16(5)6)17(7)8)21(19)24-18-12-10-9-11-13-18/h9-17,19-21,24H,1-8H3. The summed E-state index contributed by atoms with van der Waals surface area (Å²) in [5.74, 6) is 0. The molecule has 1 aromatic rings. The second kappa shape index (κ2) is 8.30. The van der Waals surface area contributed by atoms with E-state index in [0.29, 0.717) is 36.3 Å². The van der Waals surface area contributed by atoms with E-state index in [9.17, 15) is 0 Å². The van der Waals surface area contributed by atoms with Crippen molar-refractivity contribution in [3.63, 3.8) is 0 Å². The highest BCUT2D eigenvalue weighted by molar-refractivity contribution is 7.48. The third kappa shape index (κ3) is 4.40. The summed E-state index contributed by atoms with van der Waals surface area (Å²) in [6.45, 7) is 18.8. The van der Waals surface area contributed by atoms with E-state index in [-0.39, 0.29) is 0 Å². The largest absolute Gasteiger partial charge is 0.293 e. The Morgan fingerprint density at radius 1 is 0.667 bits per heavy atom. The number of hydrogen-bond donors (Lipinski definition) is 0. The number of benzene rings is 1. The quantitative estimate of drug-likeness (QED) is 0.645. The maximum Gasteiger partial charge on any atom is 0.0347 e. The van der Waals surface area contributed by atoms with Crippen molar-refractivity contribution in [1.29, 1.82) is 0 Å². The minimum absolute atomic E-state index is 0.601. The van der Waals surface area contributed by atoms with Crippen molar-refractivity contribution < 1.29 is 0 Å². The van der Waals surface area contributed by atoms with Gasteiger partial charge < -0.3 is 0 Å². The van der Waals surface area contributed by atoms with Gasteiger partial charge in [0.2, 0.25) is 0 Å². The molecule has 1 saturated carbocycles. The Balaban J connectivity index is 2.26. The van der Waals surface area contributed by atoms with Crippen LogP contribution < -0.4 is 5.30 Å². The van der Waals surface area contributed by atoms with Crippen molar-refractivity contribution in [2.24, 2.45) is 0 Å². The van der Waals surface area contributed by atoms with Crippen LogP contribution in [0.4, 0.5) is 0 Å². The molecule has 0 aliphatic heterocycles. The predicted octanol–water partition coefficient (Wildman–Crippen LogP) is 4.35. The third-order valence-electron chi connectivity index (χ3n) is 5.13. The molecule has 2 nitrogen and oxygen atoms in total. The van der Waals surface area contributed by atoms with Crippen molar-refractivity contribution >= 4 is 13.9 Å². The maximum atomic E-state index is 2.75. The molecule has 0 radical (unpaired) electrons. The van der Waals surface area contributed by atoms with Gasteiger partial charge in [-0.3, -0.25) is 9.80 Å². The molecule has 1 aliphatic carbocycles. The van der Waals surface area contributed by atoms with Crippen LogP contribution in [0.15, 0.2) is 30.3 Å². The van der Waals surface area contributed by atoms with Crippen molar-refractivity contribution in [2.45, 2.75) is 97.3 Å². The molecule has 3 atom stereocenters. The van der Waals surface area contributed by atoms with Crippen molar-refractivity contribution in [2.75, 3.05) is 0 Å². The average molecular weight is 349 g/mol. The zero-order valence-corrected chi connectivity index (χ0v) is 17.8. The fraction of sp³-hybridized carbons (Fsp3) is 0.714. The summed E-state index contributed by atoms with van der Waals surface area (Å²) in [7, 11) is 0.906. The van der Waals surface area contributed by atoms with E-state index >= 15 is 0 Å². The predicted molar refractivity (Wildman–Crippen MR) is 110 cm³/mol. The van der Waals surface area contributed by atoms with Crippen LogP contribution in [0.5, 0.6) is 0 Å². The van der Waals surface area contributed by atoms with Crippen LogP contribution in [0.2, 0.25) is 0 Å².